The topological polar surface area (TPSA) is 80.6 Å². The Bertz CT molecular complexity index is 1490. The van der Waals surface area contributed by atoms with Gasteiger partial charge in [0.1, 0.15) is 42.1 Å². The molecule has 196 valence electrons. The van der Waals surface area contributed by atoms with E-state index in [9.17, 15) is 10.1 Å². The van der Waals surface area contributed by atoms with Crippen molar-refractivity contribution in [3.8, 4) is 23.3 Å². The van der Waals surface area contributed by atoms with Crippen LogP contribution in [0.25, 0.3) is 6.08 Å². The van der Waals surface area contributed by atoms with E-state index in [1.54, 1.807) is 49.6 Å². The van der Waals surface area contributed by atoms with Crippen molar-refractivity contribution in [2.75, 3.05) is 12.4 Å². The van der Waals surface area contributed by atoms with E-state index in [2.05, 4.69) is 21.2 Å². The maximum Gasteiger partial charge on any atom is 0.266 e. The largest absolute Gasteiger partial charge is 0.497 e. The Morgan fingerprint density at radius 2 is 1.49 bits per heavy atom. The van der Waals surface area contributed by atoms with E-state index in [0.717, 1.165) is 15.6 Å². The maximum absolute atomic E-state index is 12.9. The van der Waals surface area contributed by atoms with Crippen molar-refractivity contribution >= 4 is 33.6 Å². The molecule has 0 aliphatic carbocycles. The highest BCUT2D eigenvalue weighted by molar-refractivity contribution is 9.10. The number of rotatable bonds is 10. The van der Waals surface area contributed by atoms with Crippen LogP contribution in [-0.2, 0) is 18.0 Å². The van der Waals surface area contributed by atoms with Gasteiger partial charge >= 0.3 is 0 Å². The molecule has 7 heteroatoms. The summed E-state index contributed by atoms with van der Waals surface area (Å²) in [5.74, 6) is 1.24. The predicted molar refractivity (Wildman–Crippen MR) is 156 cm³/mol. The lowest BCUT2D eigenvalue weighted by molar-refractivity contribution is -0.112. The molecular weight excluding hydrogens is 556 g/mol. The van der Waals surface area contributed by atoms with E-state index in [0.29, 0.717) is 41.7 Å². The second-order valence-corrected chi connectivity index (χ2v) is 9.66. The van der Waals surface area contributed by atoms with Gasteiger partial charge in [0, 0.05) is 21.8 Å². The van der Waals surface area contributed by atoms with Gasteiger partial charge in [0.25, 0.3) is 5.91 Å². The summed E-state index contributed by atoms with van der Waals surface area (Å²) in [6.07, 6.45) is 1.50. The quantitative estimate of drug-likeness (QED) is 0.155. The molecule has 4 rings (SSSR count). The van der Waals surface area contributed by atoms with Crippen LogP contribution in [0.1, 0.15) is 22.3 Å². The number of carbonyl (C=O) groups is 1. The Kier molecular flexibility index (Phi) is 9.39. The van der Waals surface area contributed by atoms with Crippen LogP contribution in [0.3, 0.4) is 0 Å². The number of nitrogens with zero attached hydrogens (tertiary/aromatic N) is 1. The summed E-state index contributed by atoms with van der Waals surface area (Å²) < 4.78 is 18.2. The summed E-state index contributed by atoms with van der Waals surface area (Å²) in [7, 11) is 1.57. The first-order valence-electron chi connectivity index (χ1n) is 12.2. The molecule has 1 N–H and O–H groups in total. The van der Waals surface area contributed by atoms with Crippen molar-refractivity contribution in [2.24, 2.45) is 0 Å². The van der Waals surface area contributed by atoms with E-state index >= 15 is 0 Å². The van der Waals surface area contributed by atoms with Gasteiger partial charge in [0.2, 0.25) is 0 Å². The van der Waals surface area contributed by atoms with Crippen LogP contribution in [0.5, 0.6) is 17.2 Å². The summed E-state index contributed by atoms with van der Waals surface area (Å²) in [4.78, 5) is 12.9. The van der Waals surface area contributed by atoms with Gasteiger partial charge in [-0.1, -0.05) is 57.9 Å². The van der Waals surface area contributed by atoms with Gasteiger partial charge < -0.3 is 19.5 Å². The normalized spacial score (nSPS) is 10.9. The third-order valence-corrected chi connectivity index (χ3v) is 6.36. The average Bonchev–Trinajstić information content (AvgIpc) is 2.96. The van der Waals surface area contributed by atoms with Crippen LogP contribution in [0, 0.1) is 18.3 Å². The fourth-order valence-corrected chi connectivity index (χ4v) is 3.88. The lowest BCUT2D eigenvalue weighted by Crippen LogP contribution is -2.13. The summed E-state index contributed by atoms with van der Waals surface area (Å²) >= 11 is 3.43. The first-order chi connectivity index (χ1) is 18.9. The minimum absolute atomic E-state index is 0.0617. The van der Waals surface area contributed by atoms with Crippen molar-refractivity contribution in [2.45, 2.75) is 20.1 Å². The van der Waals surface area contributed by atoms with Crippen molar-refractivity contribution < 1.29 is 19.0 Å². The smallest absolute Gasteiger partial charge is 0.266 e. The lowest BCUT2D eigenvalue weighted by atomic mass is 10.1. The maximum atomic E-state index is 12.9. The molecule has 0 radical (unpaired) electrons. The number of methoxy groups -OCH3 is 1. The molecule has 0 saturated carbocycles. The number of hydrogen-bond donors (Lipinski definition) is 1. The number of amides is 1. The zero-order valence-corrected chi connectivity index (χ0v) is 23.2. The third kappa shape index (κ3) is 7.97. The highest BCUT2D eigenvalue weighted by atomic mass is 79.9. The molecule has 0 bridgehead atoms. The molecular formula is C32H27BrN2O4. The Morgan fingerprint density at radius 3 is 2.13 bits per heavy atom. The van der Waals surface area contributed by atoms with Gasteiger partial charge in [0.05, 0.1) is 7.11 Å². The summed E-state index contributed by atoms with van der Waals surface area (Å²) in [5, 5.41) is 12.5. The van der Waals surface area contributed by atoms with Crippen molar-refractivity contribution in [1.82, 2.24) is 0 Å². The summed E-state index contributed by atoms with van der Waals surface area (Å²) in [6, 6.07) is 30.2. The van der Waals surface area contributed by atoms with Crippen LogP contribution in [0.2, 0.25) is 0 Å². The molecule has 0 unspecified atom stereocenters. The van der Waals surface area contributed by atoms with Crippen molar-refractivity contribution in [3.63, 3.8) is 0 Å². The molecule has 0 aliphatic heterocycles. The molecule has 0 saturated heterocycles. The minimum Gasteiger partial charge on any atom is -0.497 e. The van der Waals surface area contributed by atoms with Gasteiger partial charge in [-0.05, 0) is 72.7 Å². The molecule has 0 aliphatic rings. The summed E-state index contributed by atoms with van der Waals surface area (Å²) in [5.41, 5.74) is 4.31. The van der Waals surface area contributed by atoms with Gasteiger partial charge in [-0.15, -0.1) is 0 Å². The molecule has 0 aromatic heterocycles. The second-order valence-electron chi connectivity index (χ2n) is 8.74. The fourth-order valence-electron chi connectivity index (χ4n) is 3.62. The molecule has 0 atom stereocenters. The van der Waals surface area contributed by atoms with E-state index < -0.39 is 5.91 Å². The highest BCUT2D eigenvalue weighted by Crippen LogP contribution is 2.28. The number of ether oxygens (including phenoxy) is 3. The highest BCUT2D eigenvalue weighted by Gasteiger charge is 2.13. The van der Waals surface area contributed by atoms with Gasteiger partial charge in [-0.2, -0.15) is 5.26 Å². The Hall–Kier alpha value is -4.54. The second kappa shape index (κ2) is 13.3. The number of nitriles is 1. The Balaban J connectivity index is 1.43. The standard InChI is InChI=1S/C32H27BrN2O4/c1-22-3-5-23(6-4-22)20-38-29-15-12-28(13-16-29)35-32(36)26(19-34)17-25-9-14-30(37-2)18-31(25)39-21-24-7-10-27(33)11-8-24/h3-18H,20-21H2,1-2H3,(H,35,36)/b26-17+. The number of benzene rings is 4. The predicted octanol–water partition coefficient (Wildman–Crippen LogP) is 7.47. The number of anilines is 1. The number of halogens is 1. The van der Waals surface area contributed by atoms with Gasteiger partial charge in [-0.3, -0.25) is 4.79 Å². The van der Waals surface area contributed by atoms with Crippen LogP contribution < -0.4 is 19.5 Å². The molecule has 0 heterocycles. The zero-order chi connectivity index (χ0) is 27.6. The monoisotopic (exact) mass is 582 g/mol. The Morgan fingerprint density at radius 1 is 0.872 bits per heavy atom. The fraction of sp³-hybridized carbons (Fsp3) is 0.125. The number of nitrogens with one attached hydrogen (secondary N) is 1. The molecule has 4 aromatic carbocycles. The molecule has 0 fully saturated rings. The van der Waals surface area contributed by atoms with E-state index in [1.165, 1.54) is 11.6 Å². The summed E-state index contributed by atoms with van der Waals surface area (Å²) in [6.45, 7) is 2.80. The number of carbonyl (C=O) groups excluding carboxylic acids is 1. The average molecular weight is 583 g/mol. The molecule has 4 aromatic rings. The number of hydrogen-bond acceptors (Lipinski definition) is 5. The van der Waals surface area contributed by atoms with Crippen molar-refractivity contribution in [1.29, 1.82) is 5.26 Å². The SMILES string of the molecule is COc1ccc(/C=C(\C#N)C(=O)Nc2ccc(OCc3ccc(C)cc3)cc2)c(OCc2ccc(Br)cc2)c1. The first-order valence-corrected chi connectivity index (χ1v) is 13.0. The van der Waals surface area contributed by atoms with Gasteiger partial charge in [-0.25, -0.2) is 0 Å². The van der Waals surface area contributed by atoms with E-state index in [1.807, 2.05) is 61.5 Å². The Labute approximate surface area is 236 Å². The lowest BCUT2D eigenvalue weighted by Gasteiger charge is -2.12. The van der Waals surface area contributed by atoms with E-state index in [-0.39, 0.29) is 5.57 Å². The third-order valence-electron chi connectivity index (χ3n) is 5.83. The zero-order valence-electron chi connectivity index (χ0n) is 21.6. The van der Waals surface area contributed by atoms with Crippen LogP contribution >= 0.6 is 15.9 Å². The first kappa shape index (κ1) is 27.5. The molecule has 1 amide bonds. The molecule has 39 heavy (non-hydrogen) atoms. The van der Waals surface area contributed by atoms with Crippen LogP contribution in [0.15, 0.2) is 101 Å². The van der Waals surface area contributed by atoms with Gasteiger partial charge in [0.15, 0.2) is 0 Å². The van der Waals surface area contributed by atoms with Crippen LogP contribution in [-0.4, -0.2) is 13.0 Å². The molecule has 0 spiro atoms. The van der Waals surface area contributed by atoms with Crippen molar-refractivity contribution in [3.05, 3.63) is 123 Å². The van der Waals surface area contributed by atoms with E-state index in [4.69, 9.17) is 14.2 Å². The minimum atomic E-state index is -0.527. The van der Waals surface area contributed by atoms with Crippen LogP contribution in [0.4, 0.5) is 5.69 Å². The molecule has 6 nitrogen and oxygen atoms in total. The number of aryl methyl sites for hydroxylation is 1.